The molecule has 1 atom stereocenters. The first kappa shape index (κ1) is 10.5. The summed E-state index contributed by atoms with van der Waals surface area (Å²) in [6.07, 6.45) is 3.45. The van der Waals surface area contributed by atoms with Crippen LogP contribution in [-0.2, 0) is 0 Å². The third-order valence-electron chi connectivity index (χ3n) is 2.53. The zero-order valence-electron chi connectivity index (χ0n) is 8.40. The summed E-state index contributed by atoms with van der Waals surface area (Å²) in [6, 6.07) is 0.568. The van der Waals surface area contributed by atoms with E-state index in [0.717, 1.165) is 13.0 Å². The van der Waals surface area contributed by atoms with E-state index in [-0.39, 0.29) is 5.91 Å². The number of carbonyl (C=O) groups excluding carboxylic acids is 1. The van der Waals surface area contributed by atoms with Gasteiger partial charge in [-0.2, -0.15) is 0 Å². The molecule has 15 heavy (non-hydrogen) atoms. The Morgan fingerprint density at radius 2 is 2.67 bits per heavy atom. The van der Waals surface area contributed by atoms with Crippen LogP contribution < -0.4 is 10.6 Å². The van der Waals surface area contributed by atoms with Crippen molar-refractivity contribution >= 4 is 17.4 Å². The van der Waals surface area contributed by atoms with Gasteiger partial charge in [0.1, 0.15) is 0 Å². The monoisotopic (exact) mass is 226 g/mol. The van der Waals surface area contributed by atoms with Crippen molar-refractivity contribution in [1.82, 2.24) is 20.2 Å². The highest BCUT2D eigenvalue weighted by Gasteiger charge is 2.14. The first-order chi connectivity index (χ1) is 7.36. The molecule has 1 aromatic rings. The van der Waals surface area contributed by atoms with Crippen molar-refractivity contribution < 1.29 is 4.79 Å². The van der Waals surface area contributed by atoms with E-state index in [1.165, 1.54) is 24.4 Å². The molecular weight excluding hydrogens is 212 g/mol. The van der Waals surface area contributed by atoms with Crippen molar-refractivity contribution in [2.45, 2.75) is 25.3 Å². The van der Waals surface area contributed by atoms with Crippen LogP contribution in [0.15, 0.2) is 5.38 Å². The smallest absolute Gasteiger partial charge is 0.272 e. The molecule has 1 aromatic heterocycles. The van der Waals surface area contributed by atoms with E-state index in [1.807, 2.05) is 0 Å². The van der Waals surface area contributed by atoms with Gasteiger partial charge < -0.3 is 10.6 Å². The zero-order valence-corrected chi connectivity index (χ0v) is 9.22. The van der Waals surface area contributed by atoms with E-state index in [4.69, 9.17) is 0 Å². The standard InChI is InChI=1S/C9H14N4OS/c14-9(8-6-15-13-12-8)11-5-3-7-2-1-4-10-7/h6-7,10H,1-5H2,(H,11,14)/t7-/m0/s1. The van der Waals surface area contributed by atoms with Gasteiger partial charge in [-0.15, -0.1) is 5.10 Å². The van der Waals surface area contributed by atoms with E-state index in [9.17, 15) is 4.79 Å². The number of aromatic nitrogens is 2. The van der Waals surface area contributed by atoms with Crippen LogP contribution in [0.4, 0.5) is 0 Å². The molecule has 0 saturated carbocycles. The van der Waals surface area contributed by atoms with E-state index in [1.54, 1.807) is 5.38 Å². The van der Waals surface area contributed by atoms with Crippen LogP contribution in [0.5, 0.6) is 0 Å². The first-order valence-electron chi connectivity index (χ1n) is 5.15. The predicted molar refractivity (Wildman–Crippen MR) is 57.9 cm³/mol. The van der Waals surface area contributed by atoms with Gasteiger partial charge in [0.2, 0.25) is 0 Å². The maximum atomic E-state index is 11.5. The Kier molecular flexibility index (Phi) is 3.63. The maximum Gasteiger partial charge on any atom is 0.272 e. The lowest BCUT2D eigenvalue weighted by Crippen LogP contribution is -2.30. The average Bonchev–Trinajstić information content (AvgIpc) is 2.90. The molecule has 0 radical (unpaired) electrons. The molecule has 0 unspecified atom stereocenters. The third kappa shape index (κ3) is 2.97. The van der Waals surface area contributed by atoms with Gasteiger partial charge in [-0.05, 0) is 37.3 Å². The Bertz CT molecular complexity index is 308. The minimum absolute atomic E-state index is 0.123. The summed E-state index contributed by atoms with van der Waals surface area (Å²) in [6.45, 7) is 1.81. The van der Waals surface area contributed by atoms with Crippen molar-refractivity contribution in [2.75, 3.05) is 13.1 Å². The summed E-state index contributed by atoms with van der Waals surface area (Å²) in [5.74, 6) is -0.123. The fraction of sp³-hybridized carbons (Fsp3) is 0.667. The third-order valence-corrected chi connectivity index (χ3v) is 3.04. The number of hydrogen-bond acceptors (Lipinski definition) is 5. The van der Waals surface area contributed by atoms with Gasteiger partial charge in [0.15, 0.2) is 5.69 Å². The largest absolute Gasteiger partial charge is 0.351 e. The van der Waals surface area contributed by atoms with E-state index in [2.05, 4.69) is 20.2 Å². The Hall–Kier alpha value is -1.01. The van der Waals surface area contributed by atoms with E-state index >= 15 is 0 Å². The minimum Gasteiger partial charge on any atom is -0.351 e. The van der Waals surface area contributed by atoms with Crippen LogP contribution in [0.2, 0.25) is 0 Å². The van der Waals surface area contributed by atoms with Crippen molar-refractivity contribution in [1.29, 1.82) is 0 Å². The lowest BCUT2D eigenvalue weighted by atomic mass is 10.1. The van der Waals surface area contributed by atoms with Crippen molar-refractivity contribution in [3.8, 4) is 0 Å². The summed E-state index contributed by atoms with van der Waals surface area (Å²) in [5, 5.41) is 11.6. The highest BCUT2D eigenvalue weighted by Crippen LogP contribution is 2.07. The van der Waals surface area contributed by atoms with Crippen molar-refractivity contribution in [3.05, 3.63) is 11.1 Å². The lowest BCUT2D eigenvalue weighted by Gasteiger charge is -2.09. The summed E-state index contributed by atoms with van der Waals surface area (Å²) < 4.78 is 3.65. The van der Waals surface area contributed by atoms with Crippen LogP contribution in [0.3, 0.4) is 0 Å². The summed E-state index contributed by atoms with van der Waals surface area (Å²) in [7, 11) is 0. The Balaban J connectivity index is 1.67. The maximum absolute atomic E-state index is 11.5. The molecule has 1 aliphatic heterocycles. The molecule has 0 bridgehead atoms. The Morgan fingerprint density at radius 3 is 3.33 bits per heavy atom. The minimum atomic E-state index is -0.123. The molecule has 2 rings (SSSR count). The number of nitrogens with zero attached hydrogens (tertiary/aromatic N) is 2. The average molecular weight is 226 g/mol. The SMILES string of the molecule is O=C(NCC[C@@H]1CCCN1)c1csnn1. The fourth-order valence-corrected chi connectivity index (χ4v) is 2.15. The molecule has 82 valence electrons. The summed E-state index contributed by atoms with van der Waals surface area (Å²) in [5.41, 5.74) is 0.416. The van der Waals surface area contributed by atoms with Gasteiger partial charge in [-0.3, -0.25) is 4.79 Å². The normalized spacial score (nSPS) is 20.4. The van der Waals surface area contributed by atoms with Crippen LogP contribution in [0.25, 0.3) is 0 Å². The van der Waals surface area contributed by atoms with E-state index < -0.39 is 0 Å². The van der Waals surface area contributed by atoms with Gasteiger partial charge in [0.05, 0.1) is 0 Å². The number of amides is 1. The van der Waals surface area contributed by atoms with Gasteiger partial charge >= 0.3 is 0 Å². The molecular formula is C9H14N4OS. The number of hydrogen-bond donors (Lipinski definition) is 2. The predicted octanol–water partition coefficient (Wildman–Crippen LogP) is 0.410. The van der Waals surface area contributed by atoms with Crippen molar-refractivity contribution in [2.24, 2.45) is 0 Å². The van der Waals surface area contributed by atoms with Crippen LogP contribution in [-0.4, -0.2) is 34.6 Å². The van der Waals surface area contributed by atoms with Gasteiger partial charge in [-0.1, -0.05) is 4.49 Å². The van der Waals surface area contributed by atoms with Crippen LogP contribution in [0, 0.1) is 0 Å². The molecule has 0 spiro atoms. The number of rotatable bonds is 4. The zero-order chi connectivity index (χ0) is 10.5. The second kappa shape index (κ2) is 5.18. The van der Waals surface area contributed by atoms with Gasteiger partial charge in [0.25, 0.3) is 5.91 Å². The van der Waals surface area contributed by atoms with Crippen LogP contribution in [0.1, 0.15) is 29.8 Å². The van der Waals surface area contributed by atoms with Gasteiger partial charge in [-0.25, -0.2) is 0 Å². The Morgan fingerprint density at radius 1 is 1.73 bits per heavy atom. The molecule has 0 aromatic carbocycles. The Labute approximate surface area is 92.4 Å². The highest BCUT2D eigenvalue weighted by molar-refractivity contribution is 7.03. The molecule has 1 aliphatic rings. The molecule has 2 heterocycles. The topological polar surface area (TPSA) is 66.9 Å². The quantitative estimate of drug-likeness (QED) is 0.780. The first-order valence-corrected chi connectivity index (χ1v) is 5.98. The second-order valence-corrected chi connectivity index (χ2v) is 4.24. The molecule has 6 heteroatoms. The molecule has 1 fully saturated rings. The van der Waals surface area contributed by atoms with Gasteiger partial charge in [0, 0.05) is 18.0 Å². The van der Waals surface area contributed by atoms with Crippen LogP contribution >= 0.6 is 11.5 Å². The lowest BCUT2D eigenvalue weighted by molar-refractivity contribution is 0.0947. The fourth-order valence-electron chi connectivity index (χ4n) is 1.72. The highest BCUT2D eigenvalue weighted by atomic mass is 32.1. The van der Waals surface area contributed by atoms with Crippen molar-refractivity contribution in [3.63, 3.8) is 0 Å². The second-order valence-electron chi connectivity index (χ2n) is 3.63. The molecule has 0 aliphatic carbocycles. The molecule has 2 N–H and O–H groups in total. The summed E-state index contributed by atoms with van der Waals surface area (Å²) in [4.78, 5) is 11.5. The number of nitrogens with one attached hydrogen (secondary N) is 2. The molecule has 1 amide bonds. The molecule has 5 nitrogen and oxygen atoms in total. The van der Waals surface area contributed by atoms with E-state index in [0.29, 0.717) is 18.3 Å². The summed E-state index contributed by atoms with van der Waals surface area (Å²) >= 11 is 1.19. The number of carbonyl (C=O) groups is 1. The molecule has 1 saturated heterocycles.